The van der Waals surface area contributed by atoms with E-state index in [0.29, 0.717) is 5.82 Å². The Morgan fingerprint density at radius 2 is 2.14 bits per heavy atom. The third-order valence-corrected chi connectivity index (χ3v) is 2.76. The first-order chi connectivity index (χ1) is 9.95. The summed E-state index contributed by atoms with van der Waals surface area (Å²) in [5, 5.41) is 27.5. The van der Waals surface area contributed by atoms with E-state index in [-0.39, 0.29) is 28.8 Å². The Morgan fingerprint density at radius 1 is 1.48 bits per heavy atom. The van der Waals surface area contributed by atoms with Crippen LogP contribution in [-0.2, 0) is 0 Å². The number of anilines is 2. The number of benzene rings is 1. The van der Waals surface area contributed by atoms with Crippen LogP contribution in [0.3, 0.4) is 0 Å². The summed E-state index contributed by atoms with van der Waals surface area (Å²) in [4.78, 5) is 10.6. The van der Waals surface area contributed by atoms with Crippen LogP contribution in [0.25, 0.3) is 5.69 Å². The summed E-state index contributed by atoms with van der Waals surface area (Å²) in [6, 6.07) is 8.10. The summed E-state index contributed by atoms with van der Waals surface area (Å²) in [6.07, 6.45) is 0. The maximum Gasteiger partial charge on any atom is 0.294 e. The van der Waals surface area contributed by atoms with E-state index < -0.39 is 4.92 Å². The highest BCUT2D eigenvalue weighted by Crippen LogP contribution is 2.29. The molecule has 21 heavy (non-hydrogen) atoms. The van der Waals surface area contributed by atoms with Gasteiger partial charge in [0.25, 0.3) is 5.69 Å². The Bertz CT molecular complexity index is 729. The van der Waals surface area contributed by atoms with E-state index in [9.17, 15) is 15.4 Å². The van der Waals surface area contributed by atoms with Crippen LogP contribution in [0.4, 0.5) is 17.3 Å². The van der Waals surface area contributed by atoms with Crippen molar-refractivity contribution < 1.29 is 4.92 Å². The van der Waals surface area contributed by atoms with Gasteiger partial charge < -0.3 is 11.1 Å². The zero-order valence-electron chi connectivity index (χ0n) is 11.6. The lowest BCUT2D eigenvalue weighted by Crippen LogP contribution is -2.11. The molecule has 1 aromatic heterocycles. The minimum Gasteiger partial charge on any atom is -0.382 e. The zero-order chi connectivity index (χ0) is 15.6. The van der Waals surface area contributed by atoms with Crippen LogP contribution in [0.15, 0.2) is 24.3 Å². The zero-order valence-corrected chi connectivity index (χ0v) is 11.6. The third kappa shape index (κ3) is 2.62. The molecule has 1 heterocycles. The van der Waals surface area contributed by atoms with Crippen molar-refractivity contribution in [2.45, 2.75) is 19.9 Å². The van der Waals surface area contributed by atoms with Gasteiger partial charge in [0, 0.05) is 12.1 Å². The molecule has 0 radical (unpaired) electrons. The second kappa shape index (κ2) is 5.50. The number of nitrogens with two attached hydrogens (primary N) is 1. The molecule has 0 saturated carbocycles. The molecule has 0 unspecified atom stereocenters. The lowest BCUT2D eigenvalue weighted by atomic mass is 10.2. The van der Waals surface area contributed by atoms with Crippen LogP contribution in [0, 0.1) is 21.4 Å². The van der Waals surface area contributed by atoms with E-state index in [2.05, 4.69) is 10.4 Å². The van der Waals surface area contributed by atoms with Crippen LogP contribution in [-0.4, -0.2) is 20.7 Å². The predicted octanol–water partition coefficient (Wildman–Crippen LogP) is 2.05. The van der Waals surface area contributed by atoms with Gasteiger partial charge in [-0.3, -0.25) is 10.1 Å². The van der Waals surface area contributed by atoms with E-state index in [1.165, 1.54) is 16.8 Å². The van der Waals surface area contributed by atoms with Gasteiger partial charge in [-0.1, -0.05) is 12.1 Å². The highest BCUT2D eigenvalue weighted by atomic mass is 16.6. The molecule has 3 N–H and O–H groups in total. The van der Waals surface area contributed by atoms with Gasteiger partial charge in [0.05, 0.1) is 4.92 Å². The first kappa shape index (κ1) is 14.3. The SMILES string of the molecule is CC(C)Nc1nn(-c2ccccc2[N+](=O)[O-])c(N)c1C#N. The Hall–Kier alpha value is -3.08. The Labute approximate surface area is 120 Å². The van der Waals surface area contributed by atoms with Crippen molar-refractivity contribution >= 4 is 17.3 Å². The van der Waals surface area contributed by atoms with Crippen LogP contribution < -0.4 is 11.1 Å². The van der Waals surface area contributed by atoms with Crippen molar-refractivity contribution in [2.75, 3.05) is 11.1 Å². The van der Waals surface area contributed by atoms with Gasteiger partial charge in [-0.2, -0.15) is 5.26 Å². The van der Waals surface area contributed by atoms with Gasteiger partial charge in [-0.05, 0) is 19.9 Å². The van der Waals surface area contributed by atoms with Gasteiger partial charge in [0.1, 0.15) is 23.1 Å². The van der Waals surface area contributed by atoms with E-state index >= 15 is 0 Å². The number of nitrogen functional groups attached to an aromatic ring is 1. The standard InChI is InChI=1S/C13H14N6O2/c1-8(2)16-13-9(7-14)12(15)18(17-13)10-5-3-4-6-11(10)19(20)21/h3-6,8H,15H2,1-2H3,(H,16,17). The summed E-state index contributed by atoms with van der Waals surface area (Å²) in [5.41, 5.74) is 6.16. The molecular weight excluding hydrogens is 272 g/mol. The molecule has 108 valence electrons. The largest absolute Gasteiger partial charge is 0.382 e. The quantitative estimate of drug-likeness (QED) is 0.655. The monoisotopic (exact) mass is 286 g/mol. The fourth-order valence-electron chi connectivity index (χ4n) is 1.90. The number of hydrogen-bond donors (Lipinski definition) is 2. The van der Waals surface area contributed by atoms with Crippen molar-refractivity contribution in [3.63, 3.8) is 0 Å². The topological polar surface area (TPSA) is 123 Å². The molecule has 0 aliphatic heterocycles. The number of aromatic nitrogens is 2. The van der Waals surface area contributed by atoms with Crippen molar-refractivity contribution in [3.8, 4) is 11.8 Å². The molecule has 8 heteroatoms. The molecule has 2 aromatic rings. The maximum atomic E-state index is 11.1. The molecule has 0 aliphatic carbocycles. The van der Waals surface area contributed by atoms with Crippen LogP contribution in [0.5, 0.6) is 0 Å². The minimum atomic E-state index is -0.516. The van der Waals surface area contributed by atoms with Gasteiger partial charge in [0.15, 0.2) is 5.82 Å². The van der Waals surface area contributed by atoms with E-state index in [1.807, 2.05) is 19.9 Å². The van der Waals surface area contributed by atoms with Gasteiger partial charge in [-0.15, -0.1) is 5.10 Å². The smallest absolute Gasteiger partial charge is 0.294 e. The average Bonchev–Trinajstić information content (AvgIpc) is 2.74. The van der Waals surface area contributed by atoms with Crippen LogP contribution in [0.2, 0.25) is 0 Å². The number of para-hydroxylation sites is 2. The second-order valence-electron chi connectivity index (χ2n) is 4.68. The second-order valence-corrected chi connectivity index (χ2v) is 4.68. The number of nitrogens with zero attached hydrogens (tertiary/aromatic N) is 4. The molecule has 0 bridgehead atoms. The van der Waals surface area contributed by atoms with Crippen molar-refractivity contribution in [3.05, 3.63) is 39.9 Å². The third-order valence-electron chi connectivity index (χ3n) is 2.76. The van der Waals surface area contributed by atoms with Gasteiger partial charge >= 0.3 is 0 Å². The fourth-order valence-corrected chi connectivity index (χ4v) is 1.90. The number of rotatable bonds is 4. The van der Waals surface area contributed by atoms with Gasteiger partial charge in [0.2, 0.25) is 0 Å². The van der Waals surface area contributed by atoms with E-state index in [0.717, 1.165) is 0 Å². The summed E-state index contributed by atoms with van der Waals surface area (Å²) in [7, 11) is 0. The van der Waals surface area contributed by atoms with Gasteiger partial charge in [-0.25, -0.2) is 4.68 Å². The average molecular weight is 286 g/mol. The highest BCUT2D eigenvalue weighted by molar-refractivity contribution is 5.68. The number of nitriles is 1. The van der Waals surface area contributed by atoms with E-state index in [1.54, 1.807) is 12.1 Å². The van der Waals surface area contributed by atoms with E-state index in [4.69, 9.17) is 5.73 Å². The number of nitro groups is 1. The first-order valence-corrected chi connectivity index (χ1v) is 6.24. The molecule has 1 aromatic carbocycles. The van der Waals surface area contributed by atoms with Crippen LogP contribution >= 0.6 is 0 Å². The summed E-state index contributed by atoms with van der Waals surface area (Å²) < 4.78 is 1.21. The molecule has 0 aliphatic rings. The molecule has 0 amide bonds. The Morgan fingerprint density at radius 3 is 2.71 bits per heavy atom. The Balaban J connectivity index is 2.64. The van der Waals surface area contributed by atoms with Crippen molar-refractivity contribution in [1.82, 2.24) is 9.78 Å². The van der Waals surface area contributed by atoms with Crippen molar-refractivity contribution in [2.24, 2.45) is 0 Å². The lowest BCUT2D eigenvalue weighted by molar-refractivity contribution is -0.384. The molecule has 0 fully saturated rings. The predicted molar refractivity (Wildman–Crippen MR) is 78.1 cm³/mol. The molecule has 2 rings (SSSR count). The minimum absolute atomic E-state index is 0.0469. The summed E-state index contributed by atoms with van der Waals surface area (Å²) >= 11 is 0. The molecule has 0 atom stereocenters. The van der Waals surface area contributed by atoms with Crippen LogP contribution in [0.1, 0.15) is 19.4 Å². The summed E-state index contributed by atoms with van der Waals surface area (Å²) in [6.45, 7) is 3.78. The lowest BCUT2D eigenvalue weighted by Gasteiger charge is -2.06. The number of nitrogens with one attached hydrogen (secondary N) is 1. The molecular formula is C13H14N6O2. The molecule has 8 nitrogen and oxygen atoms in total. The summed E-state index contributed by atoms with van der Waals surface area (Å²) in [5.74, 6) is 0.373. The molecule has 0 spiro atoms. The number of hydrogen-bond acceptors (Lipinski definition) is 6. The van der Waals surface area contributed by atoms with Crippen molar-refractivity contribution in [1.29, 1.82) is 5.26 Å². The fraction of sp³-hybridized carbons (Fsp3) is 0.231. The normalized spacial score (nSPS) is 10.4. The number of nitro benzene ring substituents is 1. The first-order valence-electron chi connectivity index (χ1n) is 6.24. The highest BCUT2D eigenvalue weighted by Gasteiger charge is 2.22. The Kier molecular flexibility index (Phi) is 3.75. The molecule has 0 saturated heterocycles. The maximum absolute atomic E-state index is 11.1.